The van der Waals surface area contributed by atoms with Crippen LogP contribution in [0.15, 0.2) is 61.2 Å². The van der Waals surface area contributed by atoms with Crippen LogP contribution >= 0.6 is 0 Å². The molecule has 1 unspecified atom stereocenters. The quantitative estimate of drug-likeness (QED) is 0.487. The van der Waals surface area contributed by atoms with Gasteiger partial charge in [0, 0.05) is 12.2 Å². The summed E-state index contributed by atoms with van der Waals surface area (Å²) in [6, 6.07) is 11.0. The first-order valence-electron chi connectivity index (χ1n) is 9.66. The van der Waals surface area contributed by atoms with Crippen molar-refractivity contribution in [1.82, 2.24) is 10.0 Å². The van der Waals surface area contributed by atoms with Gasteiger partial charge in [0.2, 0.25) is 15.9 Å². The Morgan fingerprint density at radius 2 is 1.74 bits per heavy atom. The standard InChI is InChI=1S/C22H26FN3O4S/c1-4-13-24-31(29,30)14-16-9-11-17(12-10-16)25-22(28)20(15(2)3)26-21(27)18-7-5-6-8-19(18)23/h4-12,15,20,24H,1,13-14H2,2-3H3,(H,25,28)(H,26,27). The molecule has 2 amide bonds. The molecule has 2 aromatic rings. The first-order chi connectivity index (χ1) is 14.6. The van der Waals surface area contributed by atoms with E-state index >= 15 is 0 Å². The van der Waals surface area contributed by atoms with Crippen molar-refractivity contribution in [2.45, 2.75) is 25.6 Å². The van der Waals surface area contributed by atoms with Gasteiger partial charge >= 0.3 is 0 Å². The molecule has 0 heterocycles. The summed E-state index contributed by atoms with van der Waals surface area (Å²) in [7, 11) is -3.49. The number of sulfonamides is 1. The normalized spacial score (nSPS) is 12.3. The highest BCUT2D eigenvalue weighted by Crippen LogP contribution is 2.14. The zero-order chi connectivity index (χ0) is 23.0. The van der Waals surface area contributed by atoms with Crippen LogP contribution in [-0.2, 0) is 20.6 Å². The van der Waals surface area contributed by atoms with Crippen molar-refractivity contribution < 1.29 is 22.4 Å². The molecule has 1 atom stereocenters. The van der Waals surface area contributed by atoms with E-state index in [1.807, 2.05) is 0 Å². The fourth-order valence-corrected chi connectivity index (χ4v) is 3.87. The molecule has 2 aromatic carbocycles. The average Bonchev–Trinajstić information content (AvgIpc) is 2.71. The van der Waals surface area contributed by atoms with Crippen LogP contribution in [0.25, 0.3) is 0 Å². The van der Waals surface area contributed by atoms with Gasteiger partial charge in [0.1, 0.15) is 11.9 Å². The smallest absolute Gasteiger partial charge is 0.254 e. The van der Waals surface area contributed by atoms with E-state index < -0.39 is 33.7 Å². The van der Waals surface area contributed by atoms with E-state index in [-0.39, 0.29) is 23.8 Å². The van der Waals surface area contributed by atoms with Gasteiger partial charge < -0.3 is 10.6 Å². The molecule has 2 rings (SSSR count). The number of carbonyl (C=O) groups is 2. The van der Waals surface area contributed by atoms with Crippen molar-refractivity contribution in [3.8, 4) is 0 Å². The van der Waals surface area contributed by atoms with Gasteiger partial charge in [0.15, 0.2) is 0 Å². The summed E-state index contributed by atoms with van der Waals surface area (Å²) in [4.78, 5) is 25.1. The first kappa shape index (κ1) is 24.2. The van der Waals surface area contributed by atoms with Crippen LogP contribution in [0.1, 0.15) is 29.8 Å². The first-order valence-corrected chi connectivity index (χ1v) is 11.3. The Balaban J connectivity index is 2.05. The van der Waals surface area contributed by atoms with Crippen LogP contribution in [0.5, 0.6) is 0 Å². The third-order valence-electron chi connectivity index (χ3n) is 4.38. The predicted molar refractivity (Wildman–Crippen MR) is 118 cm³/mol. The molecule has 0 aliphatic rings. The average molecular weight is 448 g/mol. The molecular formula is C22H26FN3O4S. The Morgan fingerprint density at radius 1 is 1.10 bits per heavy atom. The molecule has 166 valence electrons. The zero-order valence-corrected chi connectivity index (χ0v) is 18.2. The van der Waals surface area contributed by atoms with Gasteiger partial charge in [0.25, 0.3) is 5.91 Å². The minimum atomic E-state index is -3.49. The summed E-state index contributed by atoms with van der Waals surface area (Å²) in [6.07, 6.45) is 1.45. The van der Waals surface area contributed by atoms with Gasteiger partial charge in [-0.05, 0) is 35.7 Å². The predicted octanol–water partition coefficient (Wildman–Crippen LogP) is 2.82. The van der Waals surface area contributed by atoms with Crippen LogP contribution in [0.2, 0.25) is 0 Å². The molecular weight excluding hydrogens is 421 g/mol. The maximum absolute atomic E-state index is 13.8. The van der Waals surface area contributed by atoms with E-state index in [9.17, 15) is 22.4 Å². The Bertz CT molecular complexity index is 1040. The molecule has 0 fully saturated rings. The summed E-state index contributed by atoms with van der Waals surface area (Å²) >= 11 is 0. The van der Waals surface area contributed by atoms with E-state index in [2.05, 4.69) is 21.9 Å². The summed E-state index contributed by atoms with van der Waals surface area (Å²) in [5.74, 6) is -2.28. The van der Waals surface area contributed by atoms with Crippen LogP contribution in [0.4, 0.5) is 10.1 Å². The van der Waals surface area contributed by atoms with Gasteiger partial charge in [-0.3, -0.25) is 9.59 Å². The molecule has 31 heavy (non-hydrogen) atoms. The van der Waals surface area contributed by atoms with E-state index in [4.69, 9.17) is 0 Å². The molecule has 0 spiro atoms. The number of anilines is 1. The summed E-state index contributed by atoms with van der Waals surface area (Å²) in [6.45, 7) is 7.13. The van der Waals surface area contributed by atoms with Crippen molar-refractivity contribution in [3.05, 3.63) is 78.1 Å². The van der Waals surface area contributed by atoms with Crippen LogP contribution in [0.3, 0.4) is 0 Å². The molecule has 0 aromatic heterocycles. The van der Waals surface area contributed by atoms with Gasteiger partial charge in [0.05, 0.1) is 11.3 Å². The summed E-state index contributed by atoms with van der Waals surface area (Å²) < 4.78 is 40.1. The van der Waals surface area contributed by atoms with E-state index in [1.165, 1.54) is 30.3 Å². The molecule has 0 saturated carbocycles. The molecule has 0 bridgehead atoms. The number of carbonyl (C=O) groups excluding carboxylic acids is 2. The topological polar surface area (TPSA) is 104 Å². The van der Waals surface area contributed by atoms with Crippen molar-refractivity contribution >= 4 is 27.5 Å². The zero-order valence-electron chi connectivity index (χ0n) is 17.4. The lowest BCUT2D eigenvalue weighted by molar-refractivity contribution is -0.118. The second-order valence-corrected chi connectivity index (χ2v) is 9.06. The fraction of sp³-hybridized carbons (Fsp3) is 0.273. The number of rotatable bonds is 10. The Hall–Kier alpha value is -3.04. The van der Waals surface area contributed by atoms with E-state index in [0.717, 1.165) is 0 Å². The van der Waals surface area contributed by atoms with Gasteiger partial charge in [-0.1, -0.05) is 44.2 Å². The van der Waals surface area contributed by atoms with Gasteiger partial charge in [-0.25, -0.2) is 17.5 Å². The maximum Gasteiger partial charge on any atom is 0.254 e. The third-order valence-corrected chi connectivity index (χ3v) is 5.70. The molecule has 0 aliphatic heterocycles. The number of benzene rings is 2. The number of hydrogen-bond acceptors (Lipinski definition) is 4. The Labute approximate surface area is 181 Å². The summed E-state index contributed by atoms with van der Waals surface area (Å²) in [5, 5.41) is 5.26. The molecule has 0 saturated heterocycles. The monoisotopic (exact) mass is 447 g/mol. The largest absolute Gasteiger partial charge is 0.340 e. The van der Waals surface area contributed by atoms with E-state index in [0.29, 0.717) is 11.3 Å². The highest BCUT2D eigenvalue weighted by Gasteiger charge is 2.25. The molecule has 0 radical (unpaired) electrons. The molecule has 9 heteroatoms. The lowest BCUT2D eigenvalue weighted by atomic mass is 10.0. The number of amides is 2. The number of hydrogen-bond donors (Lipinski definition) is 3. The minimum absolute atomic E-state index is 0.142. The van der Waals surface area contributed by atoms with Crippen LogP contribution in [-0.4, -0.2) is 32.8 Å². The van der Waals surface area contributed by atoms with Crippen molar-refractivity contribution in [2.75, 3.05) is 11.9 Å². The molecule has 0 aliphatic carbocycles. The maximum atomic E-state index is 13.8. The number of halogens is 1. The highest BCUT2D eigenvalue weighted by atomic mass is 32.2. The lowest BCUT2D eigenvalue weighted by Gasteiger charge is -2.22. The van der Waals surface area contributed by atoms with Crippen LogP contribution in [0, 0.1) is 11.7 Å². The number of nitrogens with one attached hydrogen (secondary N) is 3. The van der Waals surface area contributed by atoms with Crippen LogP contribution < -0.4 is 15.4 Å². The summed E-state index contributed by atoms with van der Waals surface area (Å²) in [5.41, 5.74) is 0.843. The second kappa shape index (κ2) is 10.8. The van der Waals surface area contributed by atoms with Gasteiger partial charge in [-0.2, -0.15) is 0 Å². The minimum Gasteiger partial charge on any atom is -0.340 e. The van der Waals surface area contributed by atoms with Crippen molar-refractivity contribution in [1.29, 1.82) is 0 Å². The van der Waals surface area contributed by atoms with Crippen molar-refractivity contribution in [2.24, 2.45) is 5.92 Å². The van der Waals surface area contributed by atoms with Crippen molar-refractivity contribution in [3.63, 3.8) is 0 Å². The third kappa shape index (κ3) is 7.30. The van der Waals surface area contributed by atoms with Gasteiger partial charge in [-0.15, -0.1) is 6.58 Å². The molecule has 3 N–H and O–H groups in total. The van der Waals surface area contributed by atoms with E-state index in [1.54, 1.807) is 38.1 Å². The second-order valence-electron chi connectivity index (χ2n) is 7.26. The Kier molecular flexibility index (Phi) is 8.47. The lowest BCUT2D eigenvalue weighted by Crippen LogP contribution is -2.47. The Morgan fingerprint density at radius 3 is 2.32 bits per heavy atom. The highest BCUT2D eigenvalue weighted by molar-refractivity contribution is 7.88. The molecule has 7 nitrogen and oxygen atoms in total. The SMILES string of the molecule is C=CCNS(=O)(=O)Cc1ccc(NC(=O)C(NC(=O)c2ccccc2F)C(C)C)cc1. The fourth-order valence-electron chi connectivity index (χ4n) is 2.76.